The van der Waals surface area contributed by atoms with Gasteiger partial charge >= 0.3 is 5.69 Å². The van der Waals surface area contributed by atoms with Gasteiger partial charge in [-0.1, -0.05) is 13.0 Å². The summed E-state index contributed by atoms with van der Waals surface area (Å²) >= 11 is 1.77. The first-order valence-corrected chi connectivity index (χ1v) is 13.8. The largest absolute Gasteiger partial charge is 0.350 e. The van der Waals surface area contributed by atoms with Gasteiger partial charge in [-0.15, -0.1) is 11.3 Å². The molecule has 0 bridgehead atoms. The molecule has 37 heavy (non-hydrogen) atoms. The van der Waals surface area contributed by atoms with Crippen LogP contribution in [-0.2, 0) is 26.4 Å². The van der Waals surface area contributed by atoms with Gasteiger partial charge in [0.1, 0.15) is 17.0 Å². The zero-order valence-corrected chi connectivity index (χ0v) is 23.2. The summed E-state index contributed by atoms with van der Waals surface area (Å²) in [7, 11) is 1.72. The van der Waals surface area contributed by atoms with Crippen LogP contribution in [0.1, 0.15) is 57.1 Å². The van der Waals surface area contributed by atoms with E-state index in [0.29, 0.717) is 23.7 Å². The van der Waals surface area contributed by atoms with Gasteiger partial charge in [-0.05, 0) is 51.8 Å². The summed E-state index contributed by atoms with van der Waals surface area (Å²) in [6, 6.07) is 9.46. The van der Waals surface area contributed by atoms with Crippen LogP contribution in [0.2, 0.25) is 0 Å². The standard InChI is InChI=1S/C27H34N8OS/c1-7-23-29-20-13-19(9-10-21(20)37-23)18(5)34-14-17(4)35(15-16(34)3)25-24-26(32(6)27(36)31-25)33(8-2)22(30-24)11-12-28/h9-10,13,16-18H,7-8,11,14-15H2,1-6H3/t16-,17+,18?/m1/s1. The molecule has 3 aromatic heterocycles. The molecule has 1 aliphatic rings. The highest BCUT2D eigenvalue weighted by atomic mass is 32.1. The Hall–Kier alpha value is -3.29. The zero-order chi connectivity index (χ0) is 26.4. The van der Waals surface area contributed by atoms with Gasteiger partial charge in [0.25, 0.3) is 0 Å². The highest BCUT2D eigenvalue weighted by Crippen LogP contribution is 2.33. The van der Waals surface area contributed by atoms with Crippen molar-refractivity contribution in [2.45, 2.75) is 72.1 Å². The van der Waals surface area contributed by atoms with Gasteiger partial charge in [-0.3, -0.25) is 9.47 Å². The Labute approximate surface area is 221 Å². The van der Waals surface area contributed by atoms with E-state index in [2.05, 4.69) is 66.7 Å². The minimum atomic E-state index is -0.306. The summed E-state index contributed by atoms with van der Waals surface area (Å²) in [4.78, 5) is 31.7. The Morgan fingerprint density at radius 2 is 1.95 bits per heavy atom. The molecular weight excluding hydrogens is 484 g/mol. The third-order valence-corrected chi connectivity index (χ3v) is 8.82. The lowest BCUT2D eigenvalue weighted by Crippen LogP contribution is -2.57. The van der Waals surface area contributed by atoms with E-state index in [9.17, 15) is 10.1 Å². The molecule has 0 radical (unpaired) electrons. The number of nitrogens with zero attached hydrogens (tertiary/aromatic N) is 8. The summed E-state index contributed by atoms with van der Waals surface area (Å²) in [6.45, 7) is 13.0. The fraction of sp³-hybridized carbons (Fsp3) is 0.519. The molecule has 0 saturated carbocycles. The Kier molecular flexibility index (Phi) is 6.77. The van der Waals surface area contributed by atoms with Crippen LogP contribution in [0.5, 0.6) is 0 Å². The number of thiazole rings is 1. The highest BCUT2D eigenvalue weighted by molar-refractivity contribution is 7.18. The third-order valence-electron chi connectivity index (χ3n) is 7.64. The third kappa shape index (κ3) is 4.30. The molecule has 10 heteroatoms. The van der Waals surface area contributed by atoms with Crippen molar-refractivity contribution in [1.29, 1.82) is 5.26 Å². The molecule has 1 unspecified atom stereocenters. The van der Waals surface area contributed by atoms with Gasteiger partial charge in [0, 0.05) is 44.8 Å². The van der Waals surface area contributed by atoms with Crippen molar-refractivity contribution in [2.75, 3.05) is 18.0 Å². The molecule has 4 aromatic rings. The van der Waals surface area contributed by atoms with Gasteiger partial charge in [-0.25, -0.2) is 14.8 Å². The molecule has 1 fully saturated rings. The first-order chi connectivity index (χ1) is 17.8. The second-order valence-electron chi connectivity index (χ2n) is 9.97. The minimum absolute atomic E-state index is 0.127. The van der Waals surface area contributed by atoms with Crippen molar-refractivity contribution in [3.8, 4) is 6.07 Å². The topological polar surface area (TPSA) is 95.9 Å². The molecule has 194 valence electrons. The highest BCUT2D eigenvalue weighted by Gasteiger charge is 2.35. The Morgan fingerprint density at radius 1 is 1.16 bits per heavy atom. The fourth-order valence-electron chi connectivity index (χ4n) is 5.61. The molecular formula is C27H34N8OS. The van der Waals surface area contributed by atoms with Crippen LogP contribution >= 0.6 is 11.3 Å². The van der Waals surface area contributed by atoms with Crippen LogP contribution in [0.3, 0.4) is 0 Å². The number of rotatable bonds is 6. The van der Waals surface area contributed by atoms with Crippen LogP contribution in [-0.4, -0.2) is 54.2 Å². The molecule has 3 atom stereocenters. The number of aryl methyl sites for hydroxylation is 3. The van der Waals surface area contributed by atoms with Crippen LogP contribution in [0, 0.1) is 11.3 Å². The van der Waals surface area contributed by atoms with E-state index in [4.69, 9.17) is 9.97 Å². The van der Waals surface area contributed by atoms with Crippen LogP contribution < -0.4 is 10.6 Å². The SMILES string of the molecule is CCc1nc2cc(C(C)N3C[C@H](C)N(c4nc(=O)n(C)c5c4nc(CC#N)n5CC)C[C@H]3C)ccc2s1. The Morgan fingerprint density at radius 3 is 2.65 bits per heavy atom. The number of hydrogen-bond acceptors (Lipinski definition) is 8. The maximum absolute atomic E-state index is 12.9. The number of benzene rings is 1. The van der Waals surface area contributed by atoms with Gasteiger partial charge in [0.15, 0.2) is 5.82 Å². The van der Waals surface area contributed by atoms with E-state index < -0.39 is 0 Å². The maximum atomic E-state index is 12.9. The van der Waals surface area contributed by atoms with Gasteiger partial charge in [0.2, 0.25) is 0 Å². The van der Waals surface area contributed by atoms with E-state index in [-0.39, 0.29) is 30.2 Å². The predicted octanol–water partition coefficient (Wildman–Crippen LogP) is 4.05. The summed E-state index contributed by atoms with van der Waals surface area (Å²) in [5, 5.41) is 10.5. The smallest absolute Gasteiger partial charge is 0.349 e. The lowest BCUT2D eigenvalue weighted by atomic mass is 10.0. The number of piperazine rings is 1. The second-order valence-corrected chi connectivity index (χ2v) is 11.1. The molecule has 5 rings (SSSR count). The van der Waals surface area contributed by atoms with Crippen LogP contribution in [0.25, 0.3) is 21.4 Å². The summed E-state index contributed by atoms with van der Waals surface area (Å²) in [5.74, 6) is 1.29. The molecule has 1 aromatic carbocycles. The molecule has 1 aliphatic heterocycles. The van der Waals surface area contributed by atoms with E-state index in [0.717, 1.165) is 30.7 Å². The maximum Gasteiger partial charge on any atom is 0.350 e. The second kappa shape index (κ2) is 9.88. The van der Waals surface area contributed by atoms with Crippen molar-refractivity contribution < 1.29 is 0 Å². The number of aromatic nitrogens is 5. The number of anilines is 1. The van der Waals surface area contributed by atoms with Crippen molar-refractivity contribution in [1.82, 2.24) is 29.0 Å². The molecule has 0 amide bonds. The molecule has 4 heterocycles. The zero-order valence-electron chi connectivity index (χ0n) is 22.4. The predicted molar refractivity (Wildman–Crippen MR) is 148 cm³/mol. The van der Waals surface area contributed by atoms with Crippen molar-refractivity contribution in [2.24, 2.45) is 7.05 Å². The summed E-state index contributed by atoms with van der Waals surface area (Å²) < 4.78 is 4.74. The lowest BCUT2D eigenvalue weighted by molar-refractivity contribution is 0.119. The number of nitriles is 1. The molecule has 9 nitrogen and oxygen atoms in total. The Balaban J connectivity index is 1.47. The summed E-state index contributed by atoms with van der Waals surface area (Å²) in [6.07, 6.45) is 1.15. The average Bonchev–Trinajstić information content (AvgIpc) is 3.47. The minimum Gasteiger partial charge on any atom is -0.349 e. The quantitative estimate of drug-likeness (QED) is 0.380. The van der Waals surface area contributed by atoms with Crippen molar-refractivity contribution in [3.05, 3.63) is 45.1 Å². The van der Waals surface area contributed by atoms with Crippen LogP contribution in [0.4, 0.5) is 5.82 Å². The monoisotopic (exact) mass is 518 g/mol. The van der Waals surface area contributed by atoms with E-state index >= 15 is 0 Å². The number of fused-ring (bicyclic) bond motifs is 2. The first-order valence-electron chi connectivity index (χ1n) is 13.0. The van der Waals surface area contributed by atoms with Crippen molar-refractivity contribution in [3.63, 3.8) is 0 Å². The molecule has 0 spiro atoms. The Bertz CT molecular complexity index is 1560. The molecule has 0 N–H and O–H groups in total. The van der Waals surface area contributed by atoms with E-state index in [1.54, 1.807) is 23.0 Å². The fourth-order valence-corrected chi connectivity index (χ4v) is 6.50. The molecule has 1 saturated heterocycles. The first kappa shape index (κ1) is 25.4. The van der Waals surface area contributed by atoms with Crippen LogP contribution in [0.15, 0.2) is 23.0 Å². The number of imidazole rings is 1. The van der Waals surface area contributed by atoms with Gasteiger partial charge in [0.05, 0.1) is 27.7 Å². The number of hydrogen-bond donors (Lipinski definition) is 0. The van der Waals surface area contributed by atoms with Gasteiger partial charge in [-0.2, -0.15) is 10.2 Å². The summed E-state index contributed by atoms with van der Waals surface area (Å²) in [5.41, 5.74) is 3.46. The van der Waals surface area contributed by atoms with Crippen molar-refractivity contribution >= 4 is 38.5 Å². The molecule has 0 aliphatic carbocycles. The average molecular weight is 519 g/mol. The lowest BCUT2D eigenvalue weighted by Gasteiger charge is -2.47. The van der Waals surface area contributed by atoms with Gasteiger partial charge < -0.3 is 9.47 Å². The van der Waals surface area contributed by atoms with E-state index in [1.165, 1.54) is 15.3 Å². The van der Waals surface area contributed by atoms with E-state index in [1.807, 2.05) is 11.5 Å². The normalized spacial score (nSPS) is 19.5.